The van der Waals surface area contributed by atoms with Crippen LogP contribution in [0.4, 0.5) is 0 Å². The van der Waals surface area contributed by atoms with Gasteiger partial charge < -0.3 is 5.32 Å². The van der Waals surface area contributed by atoms with Crippen LogP contribution in [0.3, 0.4) is 0 Å². The number of aryl methyl sites for hydroxylation is 1. The van der Waals surface area contributed by atoms with E-state index in [4.69, 9.17) is 0 Å². The van der Waals surface area contributed by atoms with E-state index in [1.54, 1.807) is 6.92 Å². The highest BCUT2D eigenvalue weighted by atomic mass is 32.2. The van der Waals surface area contributed by atoms with Crippen molar-refractivity contribution in [2.75, 3.05) is 18.8 Å². The van der Waals surface area contributed by atoms with Crippen LogP contribution in [0.1, 0.15) is 18.9 Å². The second-order valence-electron chi connectivity index (χ2n) is 4.98. The van der Waals surface area contributed by atoms with Crippen molar-refractivity contribution >= 4 is 15.9 Å². The van der Waals surface area contributed by atoms with Gasteiger partial charge in [0, 0.05) is 13.1 Å². The fourth-order valence-corrected chi connectivity index (χ4v) is 4.05. The summed E-state index contributed by atoms with van der Waals surface area (Å²) >= 11 is 0. The Morgan fingerprint density at radius 1 is 1.30 bits per heavy atom. The molecule has 1 atom stereocenters. The molecule has 1 unspecified atom stereocenters. The zero-order valence-corrected chi connectivity index (χ0v) is 12.4. The topological polar surface area (TPSA) is 66.5 Å². The number of sulfonamides is 1. The van der Waals surface area contributed by atoms with Crippen molar-refractivity contribution in [3.63, 3.8) is 0 Å². The molecule has 1 aliphatic rings. The molecule has 110 valence electrons. The van der Waals surface area contributed by atoms with Crippen molar-refractivity contribution in [2.45, 2.75) is 25.8 Å². The summed E-state index contributed by atoms with van der Waals surface area (Å²) in [6, 6.07) is 9.20. The Balaban J connectivity index is 1.92. The average molecular weight is 296 g/mol. The van der Waals surface area contributed by atoms with Gasteiger partial charge in [0.05, 0.1) is 5.75 Å². The van der Waals surface area contributed by atoms with E-state index in [1.165, 1.54) is 4.31 Å². The lowest BCUT2D eigenvalue weighted by Crippen LogP contribution is -2.56. The Morgan fingerprint density at radius 3 is 2.70 bits per heavy atom. The first-order valence-corrected chi connectivity index (χ1v) is 8.43. The van der Waals surface area contributed by atoms with Gasteiger partial charge in [0.25, 0.3) is 0 Å². The maximum Gasteiger partial charge on any atom is 0.238 e. The van der Waals surface area contributed by atoms with Gasteiger partial charge in [0.15, 0.2) is 0 Å². The van der Waals surface area contributed by atoms with Gasteiger partial charge in [-0.2, -0.15) is 4.31 Å². The average Bonchev–Trinajstić information content (AvgIpc) is 2.42. The van der Waals surface area contributed by atoms with E-state index in [9.17, 15) is 13.2 Å². The summed E-state index contributed by atoms with van der Waals surface area (Å²) in [7, 11) is -3.36. The van der Waals surface area contributed by atoms with E-state index >= 15 is 0 Å². The van der Waals surface area contributed by atoms with E-state index in [0.717, 1.165) is 12.0 Å². The van der Waals surface area contributed by atoms with Crippen LogP contribution in [-0.2, 0) is 21.2 Å². The minimum atomic E-state index is -3.36. The molecule has 0 aliphatic carbocycles. The van der Waals surface area contributed by atoms with E-state index in [2.05, 4.69) is 5.32 Å². The summed E-state index contributed by atoms with van der Waals surface area (Å²) < 4.78 is 25.9. The Morgan fingerprint density at radius 2 is 2.00 bits per heavy atom. The number of hydrogen-bond acceptors (Lipinski definition) is 3. The van der Waals surface area contributed by atoms with Crippen molar-refractivity contribution in [2.24, 2.45) is 0 Å². The van der Waals surface area contributed by atoms with E-state index in [-0.39, 0.29) is 11.7 Å². The van der Waals surface area contributed by atoms with Crippen LogP contribution in [0.25, 0.3) is 0 Å². The third-order valence-electron chi connectivity index (χ3n) is 3.51. The van der Waals surface area contributed by atoms with Crippen LogP contribution in [-0.4, -0.2) is 43.5 Å². The van der Waals surface area contributed by atoms with Crippen molar-refractivity contribution in [3.05, 3.63) is 35.9 Å². The monoisotopic (exact) mass is 296 g/mol. The second-order valence-corrected chi connectivity index (χ2v) is 7.02. The fraction of sp³-hybridized carbons (Fsp3) is 0.500. The van der Waals surface area contributed by atoms with Crippen LogP contribution in [0, 0.1) is 0 Å². The molecule has 0 bridgehead atoms. The quantitative estimate of drug-likeness (QED) is 0.873. The first kappa shape index (κ1) is 15.0. The maximum absolute atomic E-state index is 12.3. The number of carbonyl (C=O) groups excluding carboxylic acids is 1. The van der Waals surface area contributed by atoms with Crippen LogP contribution in [0.15, 0.2) is 30.3 Å². The Bertz CT molecular complexity index is 557. The van der Waals surface area contributed by atoms with E-state index in [1.807, 2.05) is 30.3 Å². The van der Waals surface area contributed by atoms with Crippen LogP contribution in [0.5, 0.6) is 0 Å². The predicted molar refractivity (Wildman–Crippen MR) is 77.7 cm³/mol. The Kier molecular flexibility index (Phi) is 4.77. The highest BCUT2D eigenvalue weighted by Gasteiger charge is 2.33. The highest BCUT2D eigenvalue weighted by molar-refractivity contribution is 7.89. The van der Waals surface area contributed by atoms with Crippen LogP contribution < -0.4 is 5.32 Å². The molecule has 1 saturated heterocycles. The van der Waals surface area contributed by atoms with E-state index in [0.29, 0.717) is 19.5 Å². The lowest BCUT2D eigenvalue weighted by molar-refractivity contribution is -0.126. The minimum Gasteiger partial charge on any atom is -0.353 e. The van der Waals surface area contributed by atoms with Crippen molar-refractivity contribution in [1.29, 1.82) is 0 Å². The normalized spacial score (nSPS) is 20.6. The maximum atomic E-state index is 12.3. The molecule has 0 aromatic heterocycles. The van der Waals surface area contributed by atoms with Crippen LogP contribution >= 0.6 is 0 Å². The molecule has 1 aliphatic heterocycles. The lowest BCUT2D eigenvalue weighted by Gasteiger charge is -2.31. The number of nitrogens with one attached hydrogen (secondary N) is 1. The molecular weight excluding hydrogens is 276 g/mol. The SMILES string of the molecule is CC1C(=O)NCCN1S(=O)(=O)CCCc1ccccc1. The number of amides is 1. The summed E-state index contributed by atoms with van der Waals surface area (Å²) in [6.45, 7) is 2.38. The molecule has 1 aromatic rings. The zero-order chi connectivity index (χ0) is 14.6. The molecular formula is C14H20N2O3S. The lowest BCUT2D eigenvalue weighted by atomic mass is 10.1. The number of benzene rings is 1. The summed E-state index contributed by atoms with van der Waals surface area (Å²) in [5.74, 6) is -0.137. The molecule has 5 nitrogen and oxygen atoms in total. The fourth-order valence-electron chi connectivity index (χ4n) is 2.36. The minimum absolute atomic E-state index is 0.0829. The van der Waals surface area contributed by atoms with Gasteiger partial charge in [-0.1, -0.05) is 30.3 Å². The molecule has 20 heavy (non-hydrogen) atoms. The molecule has 1 aromatic carbocycles. The molecule has 0 saturated carbocycles. The summed E-state index contributed by atoms with van der Waals surface area (Å²) in [6.07, 6.45) is 1.30. The Labute approximate surface area is 120 Å². The van der Waals surface area contributed by atoms with Gasteiger partial charge in [0.1, 0.15) is 6.04 Å². The molecule has 1 amide bonds. The largest absolute Gasteiger partial charge is 0.353 e. The molecule has 6 heteroatoms. The highest BCUT2D eigenvalue weighted by Crippen LogP contribution is 2.13. The van der Waals surface area contributed by atoms with Gasteiger partial charge in [-0.05, 0) is 25.3 Å². The van der Waals surface area contributed by atoms with Gasteiger partial charge in [0.2, 0.25) is 15.9 Å². The van der Waals surface area contributed by atoms with Gasteiger partial charge in [-0.15, -0.1) is 0 Å². The first-order valence-electron chi connectivity index (χ1n) is 6.82. The molecule has 1 N–H and O–H groups in total. The second kappa shape index (κ2) is 6.37. The summed E-state index contributed by atoms with van der Waals surface area (Å²) in [4.78, 5) is 11.5. The third-order valence-corrected chi connectivity index (χ3v) is 5.53. The summed E-state index contributed by atoms with van der Waals surface area (Å²) in [5, 5.41) is 2.67. The third kappa shape index (κ3) is 3.58. The molecule has 0 spiro atoms. The van der Waals surface area contributed by atoms with Crippen LogP contribution in [0.2, 0.25) is 0 Å². The molecule has 1 heterocycles. The zero-order valence-electron chi connectivity index (χ0n) is 11.6. The Hall–Kier alpha value is -1.40. The molecule has 0 radical (unpaired) electrons. The molecule has 2 rings (SSSR count). The molecule has 1 fully saturated rings. The van der Waals surface area contributed by atoms with Crippen molar-refractivity contribution in [1.82, 2.24) is 9.62 Å². The van der Waals surface area contributed by atoms with E-state index < -0.39 is 16.1 Å². The number of nitrogens with zero attached hydrogens (tertiary/aromatic N) is 1. The van der Waals surface area contributed by atoms with Gasteiger partial charge >= 0.3 is 0 Å². The standard InChI is InChI=1S/C14H20N2O3S/c1-12-14(17)15-9-10-16(12)20(18,19)11-5-8-13-6-3-2-4-7-13/h2-4,6-7,12H,5,8-11H2,1H3,(H,15,17). The number of carbonyl (C=O) groups is 1. The number of hydrogen-bond donors (Lipinski definition) is 1. The van der Waals surface area contributed by atoms with Gasteiger partial charge in [-0.25, -0.2) is 8.42 Å². The number of piperazine rings is 1. The summed E-state index contributed by atoms with van der Waals surface area (Å²) in [5.41, 5.74) is 1.13. The predicted octanol–water partition coefficient (Wildman–Crippen LogP) is 0.769. The first-order chi connectivity index (χ1) is 9.50. The number of rotatable bonds is 5. The smallest absolute Gasteiger partial charge is 0.238 e. The van der Waals surface area contributed by atoms with Gasteiger partial charge in [-0.3, -0.25) is 4.79 Å². The van der Waals surface area contributed by atoms with Crippen molar-refractivity contribution in [3.8, 4) is 0 Å². The van der Waals surface area contributed by atoms with Crippen molar-refractivity contribution < 1.29 is 13.2 Å².